The van der Waals surface area contributed by atoms with E-state index in [1.54, 1.807) is 0 Å². The molecule has 3 rings (SSSR count). The summed E-state index contributed by atoms with van der Waals surface area (Å²) >= 11 is 12.6. The minimum absolute atomic E-state index is 0.202. The molecule has 7 nitrogen and oxygen atoms in total. The number of hydrogen-bond donors (Lipinski definition) is 2. The highest BCUT2D eigenvalue weighted by Gasteiger charge is 2.28. The van der Waals surface area contributed by atoms with Crippen molar-refractivity contribution in [2.24, 2.45) is 0 Å². The summed E-state index contributed by atoms with van der Waals surface area (Å²) in [4.78, 5) is 23.5. The number of carbonyl (C=O) groups excluding carboxylic acids is 1. The Morgan fingerprint density at radius 3 is 2.70 bits per heavy atom. The quantitative estimate of drug-likeness (QED) is 0.766. The first-order valence-corrected chi connectivity index (χ1v) is 9.33. The van der Waals surface area contributed by atoms with Crippen molar-refractivity contribution in [1.82, 2.24) is 10.2 Å². The van der Waals surface area contributed by atoms with Gasteiger partial charge in [0.25, 0.3) is 5.56 Å². The predicted octanol–water partition coefficient (Wildman–Crippen LogP) is 4.24. The van der Waals surface area contributed by atoms with Gasteiger partial charge in [-0.05, 0) is 38.3 Å². The number of nitrogens with zero attached hydrogens (tertiary/aromatic N) is 1. The Morgan fingerprint density at radius 2 is 2.07 bits per heavy atom. The van der Waals surface area contributed by atoms with Crippen LogP contribution in [0.3, 0.4) is 0 Å². The second-order valence-electron chi connectivity index (χ2n) is 6.14. The third-order valence-electron chi connectivity index (χ3n) is 4.19. The largest absolute Gasteiger partial charge is 0.434 e. The summed E-state index contributed by atoms with van der Waals surface area (Å²) in [6.45, 7) is 3.78. The number of halogens is 2. The monoisotopic (exact) mass is 411 g/mol. The van der Waals surface area contributed by atoms with Crippen molar-refractivity contribution in [3.05, 3.63) is 43.7 Å². The van der Waals surface area contributed by atoms with Gasteiger partial charge in [0, 0.05) is 24.8 Å². The predicted molar refractivity (Wildman–Crippen MR) is 103 cm³/mol. The smallest absolute Gasteiger partial charge is 0.270 e. The van der Waals surface area contributed by atoms with E-state index in [2.05, 4.69) is 15.5 Å². The van der Waals surface area contributed by atoms with E-state index < -0.39 is 0 Å². The lowest BCUT2D eigenvalue weighted by Crippen LogP contribution is -2.26. The van der Waals surface area contributed by atoms with Crippen molar-refractivity contribution >= 4 is 34.8 Å². The number of fused-ring (bicyclic) bond motifs is 1. The number of aromatic amines is 1. The van der Waals surface area contributed by atoms with Crippen LogP contribution in [0.2, 0.25) is 10.0 Å². The zero-order chi connectivity index (χ0) is 19.6. The molecule has 1 atom stereocenters. The van der Waals surface area contributed by atoms with Crippen LogP contribution in [0.1, 0.15) is 43.9 Å². The van der Waals surface area contributed by atoms with Crippen LogP contribution in [0.4, 0.5) is 5.69 Å². The number of nitrogens with one attached hydrogen (secondary N) is 2. The van der Waals surface area contributed by atoms with E-state index in [-0.39, 0.29) is 39.2 Å². The minimum atomic E-state index is -0.291. The Labute approximate surface area is 166 Å². The molecule has 0 saturated carbocycles. The highest BCUT2D eigenvalue weighted by Crippen LogP contribution is 2.41. The fraction of sp³-hybridized carbons (Fsp3) is 0.389. The molecule has 1 aromatic carbocycles. The number of aromatic nitrogens is 2. The van der Waals surface area contributed by atoms with Crippen LogP contribution in [0.5, 0.6) is 11.6 Å². The number of amides is 1. The van der Waals surface area contributed by atoms with Gasteiger partial charge in [0.15, 0.2) is 5.75 Å². The SMILES string of the molecule is CCOC1CCCc2c(Oc3c(Cl)cc(NC(C)=O)cc3Cl)n[nH]c(=O)c21. The molecule has 0 fully saturated rings. The maximum absolute atomic E-state index is 12.3. The maximum Gasteiger partial charge on any atom is 0.270 e. The van der Waals surface area contributed by atoms with Gasteiger partial charge in [0.2, 0.25) is 11.8 Å². The van der Waals surface area contributed by atoms with Gasteiger partial charge < -0.3 is 14.8 Å². The van der Waals surface area contributed by atoms with Crippen molar-refractivity contribution in [2.45, 2.75) is 39.2 Å². The maximum atomic E-state index is 12.3. The molecule has 144 valence electrons. The number of benzene rings is 1. The van der Waals surface area contributed by atoms with Gasteiger partial charge in [0.1, 0.15) is 0 Å². The fourth-order valence-corrected chi connectivity index (χ4v) is 3.72. The van der Waals surface area contributed by atoms with Crippen LogP contribution in [-0.4, -0.2) is 22.7 Å². The first kappa shape index (κ1) is 19.7. The summed E-state index contributed by atoms with van der Waals surface area (Å²) in [7, 11) is 0. The van der Waals surface area contributed by atoms with Crippen LogP contribution in [-0.2, 0) is 16.0 Å². The Hall–Kier alpha value is -2.09. The van der Waals surface area contributed by atoms with Crippen molar-refractivity contribution in [3.8, 4) is 11.6 Å². The molecule has 1 amide bonds. The van der Waals surface area contributed by atoms with E-state index in [9.17, 15) is 9.59 Å². The Morgan fingerprint density at radius 1 is 1.37 bits per heavy atom. The second kappa shape index (κ2) is 8.29. The summed E-state index contributed by atoms with van der Waals surface area (Å²) in [5.74, 6) is 0.201. The van der Waals surface area contributed by atoms with E-state index in [0.29, 0.717) is 29.8 Å². The highest BCUT2D eigenvalue weighted by atomic mass is 35.5. The molecule has 1 aliphatic carbocycles. The second-order valence-corrected chi connectivity index (χ2v) is 6.95. The van der Waals surface area contributed by atoms with E-state index in [0.717, 1.165) is 12.8 Å². The topological polar surface area (TPSA) is 93.3 Å². The molecule has 1 aromatic heterocycles. The minimum Gasteiger partial charge on any atom is -0.434 e. The van der Waals surface area contributed by atoms with Gasteiger partial charge in [-0.1, -0.05) is 23.2 Å². The molecule has 1 aliphatic rings. The number of anilines is 1. The molecule has 1 unspecified atom stereocenters. The molecule has 2 N–H and O–H groups in total. The van der Waals surface area contributed by atoms with Gasteiger partial charge in [0.05, 0.1) is 21.7 Å². The van der Waals surface area contributed by atoms with E-state index in [1.165, 1.54) is 19.1 Å². The number of H-pyrrole nitrogens is 1. The number of rotatable bonds is 5. The fourth-order valence-electron chi connectivity index (χ4n) is 3.15. The van der Waals surface area contributed by atoms with Crippen LogP contribution in [0, 0.1) is 0 Å². The van der Waals surface area contributed by atoms with Crippen LogP contribution < -0.4 is 15.6 Å². The van der Waals surface area contributed by atoms with Gasteiger partial charge in [-0.2, -0.15) is 0 Å². The zero-order valence-electron chi connectivity index (χ0n) is 14.9. The van der Waals surface area contributed by atoms with Gasteiger partial charge in [-0.15, -0.1) is 5.10 Å². The molecule has 0 aliphatic heterocycles. The number of hydrogen-bond acceptors (Lipinski definition) is 5. The third kappa shape index (κ3) is 4.26. The summed E-state index contributed by atoms with van der Waals surface area (Å²) in [5.41, 5.74) is 1.41. The van der Waals surface area contributed by atoms with Crippen LogP contribution >= 0.6 is 23.2 Å². The van der Waals surface area contributed by atoms with E-state index in [1.807, 2.05) is 6.92 Å². The molecule has 0 bridgehead atoms. The Balaban J connectivity index is 1.99. The van der Waals surface area contributed by atoms with Crippen molar-refractivity contribution in [2.75, 3.05) is 11.9 Å². The average Bonchev–Trinajstić information content (AvgIpc) is 2.59. The van der Waals surface area contributed by atoms with E-state index >= 15 is 0 Å². The van der Waals surface area contributed by atoms with Gasteiger partial charge in [-0.25, -0.2) is 5.10 Å². The standard InChI is InChI=1S/C18H19Cl2N3O4/c1-3-26-14-6-4-5-11-15(14)17(25)22-23-18(11)27-16-12(19)7-10(8-13(16)20)21-9(2)24/h7-8,14H,3-6H2,1-2H3,(H,21,24)(H,22,25). The van der Waals surface area contributed by atoms with Crippen LogP contribution in [0.25, 0.3) is 0 Å². The molecule has 0 saturated heterocycles. The van der Waals surface area contributed by atoms with Crippen LogP contribution in [0.15, 0.2) is 16.9 Å². The molecule has 27 heavy (non-hydrogen) atoms. The van der Waals surface area contributed by atoms with Crippen molar-refractivity contribution in [1.29, 1.82) is 0 Å². The first-order chi connectivity index (χ1) is 12.9. The molecular formula is C18H19Cl2N3O4. The molecule has 1 heterocycles. The lowest BCUT2D eigenvalue weighted by molar-refractivity contribution is -0.114. The molecule has 0 spiro atoms. The molecule has 9 heteroatoms. The highest BCUT2D eigenvalue weighted by molar-refractivity contribution is 6.37. The third-order valence-corrected chi connectivity index (χ3v) is 4.75. The van der Waals surface area contributed by atoms with Gasteiger partial charge in [-0.3, -0.25) is 9.59 Å². The van der Waals surface area contributed by atoms with E-state index in [4.69, 9.17) is 32.7 Å². The van der Waals surface area contributed by atoms with Gasteiger partial charge >= 0.3 is 0 Å². The van der Waals surface area contributed by atoms with Crippen molar-refractivity contribution in [3.63, 3.8) is 0 Å². The normalized spacial score (nSPS) is 15.9. The Bertz CT molecular complexity index is 906. The lowest BCUT2D eigenvalue weighted by Gasteiger charge is -2.25. The first-order valence-electron chi connectivity index (χ1n) is 8.58. The zero-order valence-corrected chi connectivity index (χ0v) is 16.4. The van der Waals surface area contributed by atoms with Crippen molar-refractivity contribution < 1.29 is 14.3 Å². The summed E-state index contributed by atoms with van der Waals surface area (Å²) in [6.07, 6.45) is 1.97. The lowest BCUT2D eigenvalue weighted by atomic mass is 9.91. The summed E-state index contributed by atoms with van der Waals surface area (Å²) in [5, 5.41) is 9.53. The Kier molecular flexibility index (Phi) is 6.04. The summed E-state index contributed by atoms with van der Waals surface area (Å²) < 4.78 is 11.6. The molecular weight excluding hydrogens is 393 g/mol. The molecule has 0 radical (unpaired) electrons. The number of ether oxygens (including phenoxy) is 2. The number of carbonyl (C=O) groups is 1. The summed E-state index contributed by atoms with van der Waals surface area (Å²) in [6, 6.07) is 3.07. The molecule has 2 aromatic rings. The average molecular weight is 412 g/mol.